The van der Waals surface area contributed by atoms with Crippen molar-refractivity contribution < 1.29 is 48.3 Å². The van der Waals surface area contributed by atoms with Gasteiger partial charge >= 0.3 is 32.2 Å². The lowest BCUT2D eigenvalue weighted by molar-refractivity contribution is -0.142. The molecule has 2 atom stereocenters. The average molecular weight is 665 g/mol. The van der Waals surface area contributed by atoms with Crippen LogP contribution in [0.25, 0.3) is 0 Å². The number of hydrogen-bond acceptors (Lipinski definition) is 14. The monoisotopic (exact) mass is 664 g/mol. The van der Waals surface area contributed by atoms with Crippen LogP contribution in [0.15, 0.2) is 73.3 Å². The first kappa shape index (κ1) is 35.3. The number of esters is 2. The van der Waals surface area contributed by atoms with Crippen molar-refractivity contribution in [2.45, 2.75) is 37.9 Å². The van der Waals surface area contributed by atoms with Gasteiger partial charge in [0.15, 0.2) is 0 Å². The van der Waals surface area contributed by atoms with Crippen LogP contribution in [-0.4, -0.2) is 75.5 Å². The minimum absolute atomic E-state index is 0.0833. The van der Waals surface area contributed by atoms with E-state index < -0.39 is 14.2 Å². The van der Waals surface area contributed by atoms with Gasteiger partial charge in [0, 0.05) is 37.6 Å². The summed E-state index contributed by atoms with van der Waals surface area (Å²) in [5.74, 6) is -0.0285. The van der Waals surface area contributed by atoms with Crippen molar-refractivity contribution in [1.29, 1.82) is 0 Å². The zero-order valence-electron chi connectivity index (χ0n) is 25.4. The second kappa shape index (κ2) is 17.4. The third-order valence-electron chi connectivity index (χ3n) is 6.90. The van der Waals surface area contributed by atoms with Crippen LogP contribution in [0, 0.1) is 0 Å². The quantitative estimate of drug-likeness (QED) is 0.141. The van der Waals surface area contributed by atoms with Crippen LogP contribution in [0.3, 0.4) is 0 Å². The smallest absolute Gasteiger partial charge is 0.492 e. The molecule has 6 rings (SSSR count). The molecule has 4 aromatic rings. The number of benzene rings is 2. The Kier molecular flexibility index (Phi) is 13.0. The summed E-state index contributed by atoms with van der Waals surface area (Å²) in [7, 11) is 0.585. The Balaban J connectivity index is 0.000000182. The van der Waals surface area contributed by atoms with E-state index in [2.05, 4.69) is 29.4 Å². The van der Waals surface area contributed by atoms with Crippen LogP contribution in [0.4, 0.5) is 0 Å². The van der Waals surface area contributed by atoms with E-state index in [1.807, 2.05) is 6.07 Å². The average Bonchev–Trinajstić information content (AvgIpc) is 3.57. The fourth-order valence-electron chi connectivity index (χ4n) is 4.67. The van der Waals surface area contributed by atoms with Gasteiger partial charge in [0.2, 0.25) is 5.28 Å². The molecule has 17 heteroatoms. The number of aromatic hydroxyl groups is 1. The fraction of sp³-hybridized carbons (Fsp3) is 0.267. The summed E-state index contributed by atoms with van der Waals surface area (Å²) >= 11 is 5.32. The highest BCUT2D eigenvalue weighted by Crippen LogP contribution is 2.31. The maximum absolute atomic E-state index is 11.2. The number of phenolic OH excluding ortho intramolecular Hbond substituents is 1. The topological polar surface area (TPSA) is 193 Å². The number of aromatic nitrogens is 4. The molecule has 2 unspecified atom stereocenters. The highest BCUT2D eigenvalue weighted by Gasteiger charge is 2.36. The van der Waals surface area contributed by atoms with Crippen LogP contribution < -0.4 is 15.7 Å². The summed E-state index contributed by atoms with van der Waals surface area (Å²) in [4.78, 5) is 37.5. The third kappa shape index (κ3) is 10.2. The van der Waals surface area contributed by atoms with Crippen LogP contribution in [0.2, 0.25) is 5.28 Å². The Morgan fingerprint density at radius 2 is 1.28 bits per heavy atom. The molecule has 0 saturated heterocycles. The number of hydrogen-bond donors (Lipinski definition) is 3. The van der Waals surface area contributed by atoms with Crippen LogP contribution in [0.5, 0.6) is 17.5 Å². The summed E-state index contributed by atoms with van der Waals surface area (Å²) in [5.41, 5.74) is 2.81. The van der Waals surface area contributed by atoms with Crippen molar-refractivity contribution >= 4 is 48.7 Å². The summed E-state index contributed by atoms with van der Waals surface area (Å²) in [5, 5.41) is 29.3. The lowest BCUT2D eigenvalue weighted by Crippen LogP contribution is -2.28. The molecule has 2 aliphatic heterocycles. The van der Waals surface area contributed by atoms with E-state index in [4.69, 9.17) is 25.6 Å². The fourth-order valence-corrected chi connectivity index (χ4v) is 4.78. The molecule has 0 fully saturated rings. The molecule has 0 bridgehead atoms. The maximum atomic E-state index is 11.2. The molecular formula is C30H31B2ClN4O10. The van der Waals surface area contributed by atoms with Gasteiger partial charge in [-0.1, -0.05) is 12.1 Å². The predicted octanol–water partition coefficient (Wildman–Crippen LogP) is 2.22. The predicted molar refractivity (Wildman–Crippen MR) is 169 cm³/mol. The molecule has 3 N–H and O–H groups in total. The van der Waals surface area contributed by atoms with E-state index in [1.54, 1.807) is 55.1 Å². The number of carbonyl (C=O) groups is 2. The van der Waals surface area contributed by atoms with E-state index >= 15 is 0 Å². The number of halogens is 1. The molecule has 47 heavy (non-hydrogen) atoms. The molecule has 2 aromatic heterocycles. The number of methoxy groups -OCH3 is 2. The Hall–Kier alpha value is -4.60. The van der Waals surface area contributed by atoms with Crippen molar-refractivity contribution in [2.24, 2.45) is 0 Å². The lowest BCUT2D eigenvalue weighted by Gasteiger charge is -2.11. The molecule has 0 radical (unpaired) electrons. The Morgan fingerprint density at radius 3 is 1.77 bits per heavy atom. The molecule has 244 valence electrons. The third-order valence-corrected chi connectivity index (χ3v) is 7.10. The number of nitrogens with zero attached hydrogens (tertiary/aromatic N) is 4. The van der Waals surface area contributed by atoms with Gasteiger partial charge in [-0.05, 0) is 82.9 Å². The minimum atomic E-state index is -1.05. The van der Waals surface area contributed by atoms with E-state index in [9.17, 15) is 24.7 Å². The summed E-state index contributed by atoms with van der Waals surface area (Å²) < 4.78 is 25.5. The molecule has 2 aliphatic rings. The van der Waals surface area contributed by atoms with Gasteiger partial charge in [-0.25, -0.2) is 19.9 Å². The molecule has 0 amide bonds. The van der Waals surface area contributed by atoms with Gasteiger partial charge in [0.25, 0.3) is 0 Å². The summed E-state index contributed by atoms with van der Waals surface area (Å²) in [6.45, 7) is 0. The Bertz CT molecular complexity index is 1630. The normalized spacial score (nSPS) is 15.7. The van der Waals surface area contributed by atoms with Crippen molar-refractivity contribution in [2.75, 3.05) is 14.2 Å². The van der Waals surface area contributed by atoms with Crippen LogP contribution in [0.1, 0.15) is 49.0 Å². The minimum Gasteiger partial charge on any atom is -0.508 e. The molecule has 14 nitrogen and oxygen atoms in total. The number of fused-ring (bicyclic) bond motifs is 2. The zero-order valence-corrected chi connectivity index (χ0v) is 26.2. The molecule has 2 aromatic carbocycles. The second-order valence-corrected chi connectivity index (χ2v) is 10.3. The van der Waals surface area contributed by atoms with Gasteiger partial charge < -0.3 is 38.7 Å². The van der Waals surface area contributed by atoms with Crippen LogP contribution in [-0.2, 0) is 28.4 Å². The summed E-state index contributed by atoms with van der Waals surface area (Å²) in [6, 6.07) is 13.6. The standard InChI is InChI=1S/C15H15BN2O5.C11H13BO5.C4H3ClN2/c1-21-14(19)6-5-13-11-4-3-10(9-12(11)16(20)23-13)22-15-17-7-2-8-18-15;1-16-11(14)5-4-10-8-3-2-7(13)6-9(8)12(15)17-10;5-4-6-2-1-3-7-4/h2-4,7-9,13,20H,5-6H2,1H3;2-3,6,10,13,15H,4-5H2,1H3;1-3H. The van der Waals surface area contributed by atoms with Gasteiger partial charge in [0.05, 0.1) is 26.4 Å². The van der Waals surface area contributed by atoms with E-state index in [0.29, 0.717) is 34.8 Å². The molecule has 0 aliphatic carbocycles. The Morgan fingerprint density at radius 1 is 0.787 bits per heavy atom. The summed E-state index contributed by atoms with van der Waals surface area (Å²) in [6.07, 6.45) is 7.01. The largest absolute Gasteiger partial charge is 0.508 e. The van der Waals surface area contributed by atoms with Crippen molar-refractivity contribution in [1.82, 2.24) is 19.9 Å². The number of rotatable bonds is 8. The Labute approximate surface area is 275 Å². The van der Waals surface area contributed by atoms with Gasteiger partial charge in [-0.15, -0.1) is 0 Å². The zero-order chi connectivity index (χ0) is 33.8. The first-order valence-electron chi connectivity index (χ1n) is 14.3. The number of ether oxygens (including phenoxy) is 3. The van der Waals surface area contributed by atoms with E-state index in [0.717, 1.165) is 11.1 Å². The highest BCUT2D eigenvalue weighted by atomic mass is 35.5. The first-order chi connectivity index (χ1) is 22.7. The lowest BCUT2D eigenvalue weighted by atomic mass is 9.79. The van der Waals surface area contributed by atoms with Gasteiger partial charge in [0.1, 0.15) is 11.5 Å². The molecule has 4 heterocycles. The van der Waals surface area contributed by atoms with E-state index in [-0.39, 0.29) is 48.7 Å². The van der Waals surface area contributed by atoms with Crippen LogP contribution >= 0.6 is 11.6 Å². The van der Waals surface area contributed by atoms with Crippen molar-refractivity contribution in [3.05, 3.63) is 89.7 Å². The molecule has 0 spiro atoms. The van der Waals surface area contributed by atoms with E-state index in [1.165, 1.54) is 26.4 Å². The number of phenols is 1. The maximum Gasteiger partial charge on any atom is 0.492 e. The van der Waals surface area contributed by atoms with Gasteiger partial charge in [-0.2, -0.15) is 0 Å². The van der Waals surface area contributed by atoms with Gasteiger partial charge in [-0.3, -0.25) is 9.59 Å². The van der Waals surface area contributed by atoms with Crippen molar-refractivity contribution in [3.8, 4) is 17.5 Å². The first-order valence-corrected chi connectivity index (χ1v) is 14.7. The highest BCUT2D eigenvalue weighted by molar-refractivity contribution is 6.62. The van der Waals surface area contributed by atoms with Crippen molar-refractivity contribution in [3.63, 3.8) is 0 Å². The SMILES string of the molecule is COC(=O)CCC1OB(O)c2cc(O)ccc21.COC(=O)CCC1OB(O)c2cc(Oc3ncccn3)ccc21.Clc1ncccn1. The molecular weight excluding hydrogens is 633 g/mol. The number of carbonyl (C=O) groups excluding carboxylic acids is 2. The molecule has 0 saturated carbocycles. The second-order valence-electron chi connectivity index (χ2n) is 9.94.